The van der Waals surface area contributed by atoms with Crippen LogP contribution in [0.3, 0.4) is 0 Å². The number of H-pyrrole nitrogens is 1. The monoisotopic (exact) mass is 323 g/mol. The fraction of sp³-hybridized carbons (Fsp3) is 0. The number of nitro groups is 1. The van der Waals surface area contributed by atoms with Crippen LogP contribution in [0.2, 0.25) is 5.02 Å². The van der Waals surface area contributed by atoms with Gasteiger partial charge in [-0.3, -0.25) is 15.2 Å². The SMILES string of the molecule is O=[N+]([O-])c1cc(Cl)cc2c(I)[nH]nc12. The summed E-state index contributed by atoms with van der Waals surface area (Å²) >= 11 is 7.76. The molecule has 0 aliphatic rings. The second kappa shape index (κ2) is 3.35. The van der Waals surface area contributed by atoms with Gasteiger partial charge in [0, 0.05) is 16.5 Å². The first-order valence-electron chi connectivity index (χ1n) is 3.57. The van der Waals surface area contributed by atoms with Crippen LogP contribution in [0.25, 0.3) is 10.9 Å². The molecule has 1 heterocycles. The van der Waals surface area contributed by atoms with Gasteiger partial charge in [0.15, 0.2) is 5.52 Å². The Morgan fingerprint density at radius 1 is 1.57 bits per heavy atom. The third-order valence-corrected chi connectivity index (χ3v) is 2.79. The Morgan fingerprint density at radius 2 is 2.29 bits per heavy atom. The highest BCUT2D eigenvalue weighted by atomic mass is 127. The summed E-state index contributed by atoms with van der Waals surface area (Å²) in [6, 6.07) is 2.94. The number of hydrogen-bond donors (Lipinski definition) is 1. The summed E-state index contributed by atoms with van der Waals surface area (Å²) in [5.74, 6) is 0. The van der Waals surface area contributed by atoms with E-state index < -0.39 is 4.92 Å². The van der Waals surface area contributed by atoms with Crippen molar-refractivity contribution in [1.82, 2.24) is 10.2 Å². The van der Waals surface area contributed by atoms with Crippen LogP contribution in [0, 0.1) is 13.8 Å². The molecule has 0 spiro atoms. The van der Waals surface area contributed by atoms with E-state index in [2.05, 4.69) is 10.2 Å². The summed E-state index contributed by atoms with van der Waals surface area (Å²) in [6.07, 6.45) is 0. The van der Waals surface area contributed by atoms with Crippen LogP contribution in [-0.2, 0) is 0 Å². The molecule has 1 N–H and O–H groups in total. The molecule has 1 aromatic heterocycles. The van der Waals surface area contributed by atoms with Crippen molar-refractivity contribution in [3.05, 3.63) is 31.0 Å². The molecule has 14 heavy (non-hydrogen) atoms. The normalized spacial score (nSPS) is 10.7. The molecule has 7 heteroatoms. The summed E-state index contributed by atoms with van der Waals surface area (Å²) in [6.45, 7) is 0. The maximum atomic E-state index is 10.7. The topological polar surface area (TPSA) is 71.8 Å². The Kier molecular flexibility index (Phi) is 2.31. The van der Waals surface area contributed by atoms with Crippen molar-refractivity contribution < 1.29 is 4.92 Å². The molecule has 72 valence electrons. The van der Waals surface area contributed by atoms with E-state index in [4.69, 9.17) is 11.6 Å². The number of nitrogens with one attached hydrogen (secondary N) is 1. The van der Waals surface area contributed by atoms with Gasteiger partial charge in [-0.2, -0.15) is 5.10 Å². The second-order valence-electron chi connectivity index (χ2n) is 2.62. The van der Waals surface area contributed by atoms with Gasteiger partial charge in [0.2, 0.25) is 0 Å². The molecule has 5 nitrogen and oxygen atoms in total. The molecule has 0 unspecified atom stereocenters. The molecule has 0 saturated heterocycles. The van der Waals surface area contributed by atoms with Crippen LogP contribution in [0.15, 0.2) is 12.1 Å². The van der Waals surface area contributed by atoms with Gasteiger partial charge in [-0.05, 0) is 28.7 Å². The zero-order valence-corrected chi connectivity index (χ0v) is 9.53. The smallest absolute Gasteiger partial charge is 0.271 e. The lowest BCUT2D eigenvalue weighted by Crippen LogP contribution is -1.89. The maximum Gasteiger partial charge on any atom is 0.298 e. The van der Waals surface area contributed by atoms with Crippen LogP contribution < -0.4 is 0 Å². The summed E-state index contributed by atoms with van der Waals surface area (Å²) in [5, 5.41) is 18.2. The number of aromatic nitrogens is 2. The lowest BCUT2D eigenvalue weighted by atomic mass is 10.2. The predicted molar refractivity (Wildman–Crippen MR) is 60.5 cm³/mol. The zero-order chi connectivity index (χ0) is 10.3. The van der Waals surface area contributed by atoms with E-state index in [-0.39, 0.29) is 5.69 Å². The maximum absolute atomic E-state index is 10.7. The van der Waals surface area contributed by atoms with Gasteiger partial charge >= 0.3 is 0 Å². The molecule has 0 saturated carbocycles. The van der Waals surface area contributed by atoms with Crippen molar-refractivity contribution in [2.45, 2.75) is 0 Å². The van der Waals surface area contributed by atoms with E-state index in [0.717, 1.165) is 3.70 Å². The van der Waals surface area contributed by atoms with Crippen LogP contribution in [0.5, 0.6) is 0 Å². The van der Waals surface area contributed by atoms with E-state index in [1.807, 2.05) is 22.6 Å². The number of benzene rings is 1. The van der Waals surface area contributed by atoms with Gasteiger partial charge in [0.05, 0.1) is 4.92 Å². The number of hydrogen-bond acceptors (Lipinski definition) is 3. The first-order valence-corrected chi connectivity index (χ1v) is 5.03. The fourth-order valence-electron chi connectivity index (χ4n) is 1.17. The first-order chi connectivity index (χ1) is 6.59. The van der Waals surface area contributed by atoms with Gasteiger partial charge < -0.3 is 0 Å². The summed E-state index contributed by atoms with van der Waals surface area (Å²) < 4.78 is 0.739. The van der Waals surface area contributed by atoms with Gasteiger partial charge in [-0.1, -0.05) is 11.6 Å². The Bertz CT molecular complexity index is 525. The largest absolute Gasteiger partial charge is 0.298 e. The second-order valence-corrected chi connectivity index (χ2v) is 4.13. The third-order valence-electron chi connectivity index (χ3n) is 1.75. The van der Waals surface area contributed by atoms with Crippen LogP contribution in [-0.4, -0.2) is 15.1 Å². The number of rotatable bonds is 1. The first kappa shape index (κ1) is 9.66. The van der Waals surface area contributed by atoms with E-state index in [1.165, 1.54) is 6.07 Å². The highest BCUT2D eigenvalue weighted by Gasteiger charge is 2.17. The Balaban J connectivity index is 2.88. The standard InChI is InChI=1S/C7H3ClIN3O2/c8-3-1-4-6(10-11-7(4)9)5(2-3)12(13)14/h1-2H,(H,10,11). The quantitative estimate of drug-likeness (QED) is 0.498. The Labute approximate surface area is 96.7 Å². The molecule has 0 atom stereocenters. The van der Waals surface area contributed by atoms with Crippen molar-refractivity contribution in [2.24, 2.45) is 0 Å². The van der Waals surface area contributed by atoms with E-state index in [9.17, 15) is 10.1 Å². The number of aromatic amines is 1. The predicted octanol–water partition coefficient (Wildman–Crippen LogP) is 2.73. The van der Waals surface area contributed by atoms with Crippen LogP contribution in [0.1, 0.15) is 0 Å². The zero-order valence-electron chi connectivity index (χ0n) is 6.62. The average molecular weight is 323 g/mol. The molecule has 1 aromatic carbocycles. The minimum Gasteiger partial charge on any atom is -0.271 e. The highest BCUT2D eigenvalue weighted by Crippen LogP contribution is 2.30. The minimum atomic E-state index is -0.495. The highest BCUT2D eigenvalue weighted by molar-refractivity contribution is 14.1. The number of nitrogens with zero attached hydrogens (tertiary/aromatic N) is 2. The Morgan fingerprint density at radius 3 is 2.93 bits per heavy atom. The fourth-order valence-corrected chi connectivity index (χ4v) is 1.92. The molecule has 2 rings (SSSR count). The molecule has 0 amide bonds. The third kappa shape index (κ3) is 1.44. The molecule has 2 aromatic rings. The average Bonchev–Trinajstić information content (AvgIpc) is 2.47. The molecule has 0 aliphatic carbocycles. The molecule has 0 radical (unpaired) electrons. The van der Waals surface area contributed by atoms with Crippen molar-refractivity contribution in [3.63, 3.8) is 0 Å². The molecule has 0 bridgehead atoms. The lowest BCUT2D eigenvalue weighted by molar-refractivity contribution is -0.383. The van der Waals surface area contributed by atoms with Crippen LogP contribution in [0.4, 0.5) is 5.69 Å². The molecule has 0 fully saturated rings. The van der Waals surface area contributed by atoms with E-state index in [0.29, 0.717) is 15.9 Å². The minimum absolute atomic E-state index is 0.0772. The van der Waals surface area contributed by atoms with Crippen molar-refractivity contribution >= 4 is 50.8 Å². The van der Waals surface area contributed by atoms with Gasteiger partial charge in [-0.25, -0.2) is 0 Å². The Hall–Kier alpha value is -0.890. The van der Waals surface area contributed by atoms with Crippen molar-refractivity contribution in [3.8, 4) is 0 Å². The number of fused-ring (bicyclic) bond motifs is 1. The van der Waals surface area contributed by atoms with E-state index in [1.54, 1.807) is 6.07 Å². The number of non-ortho nitro benzene ring substituents is 1. The van der Waals surface area contributed by atoms with E-state index >= 15 is 0 Å². The summed E-state index contributed by atoms with van der Waals surface area (Å²) in [7, 11) is 0. The van der Waals surface area contributed by atoms with Gasteiger partial charge in [-0.15, -0.1) is 0 Å². The van der Waals surface area contributed by atoms with Crippen LogP contribution >= 0.6 is 34.2 Å². The van der Waals surface area contributed by atoms with Gasteiger partial charge in [0.1, 0.15) is 3.70 Å². The van der Waals surface area contributed by atoms with Crippen molar-refractivity contribution in [1.29, 1.82) is 0 Å². The molecule has 0 aliphatic heterocycles. The summed E-state index contributed by atoms with van der Waals surface area (Å²) in [4.78, 5) is 10.2. The van der Waals surface area contributed by atoms with Gasteiger partial charge in [0.25, 0.3) is 5.69 Å². The molecular weight excluding hydrogens is 320 g/mol. The molecular formula is C7H3ClIN3O2. The number of halogens is 2. The van der Waals surface area contributed by atoms with Crippen molar-refractivity contribution in [2.75, 3.05) is 0 Å². The number of nitro benzene ring substituents is 1. The lowest BCUT2D eigenvalue weighted by Gasteiger charge is -1.94. The summed E-state index contributed by atoms with van der Waals surface area (Å²) in [5.41, 5.74) is 0.260.